The molecule has 0 N–H and O–H groups in total. The number of rotatable bonds is 7. The summed E-state index contributed by atoms with van der Waals surface area (Å²) in [7, 11) is 3.16. The SMILES string of the molecule is COc1cc(OC)cc(C(=O)CSCC(C)C)c1. The van der Waals surface area contributed by atoms with E-state index < -0.39 is 0 Å². The van der Waals surface area contributed by atoms with E-state index in [0.717, 1.165) is 5.75 Å². The standard InChI is InChI=1S/C14H20O3S/c1-10(2)8-18-9-14(15)11-5-12(16-3)7-13(6-11)17-4/h5-7,10H,8-9H2,1-4H3. The van der Waals surface area contributed by atoms with Gasteiger partial charge in [-0.2, -0.15) is 11.8 Å². The Hall–Kier alpha value is -1.16. The Balaban J connectivity index is 2.72. The summed E-state index contributed by atoms with van der Waals surface area (Å²) in [5.41, 5.74) is 0.641. The minimum Gasteiger partial charge on any atom is -0.497 e. The first-order chi connectivity index (χ1) is 8.56. The van der Waals surface area contributed by atoms with Gasteiger partial charge >= 0.3 is 0 Å². The van der Waals surface area contributed by atoms with Gasteiger partial charge < -0.3 is 9.47 Å². The summed E-state index contributed by atoms with van der Waals surface area (Å²) in [6.45, 7) is 4.29. The van der Waals surface area contributed by atoms with Crippen LogP contribution in [0.5, 0.6) is 11.5 Å². The average molecular weight is 268 g/mol. The van der Waals surface area contributed by atoms with Gasteiger partial charge in [-0.3, -0.25) is 4.79 Å². The van der Waals surface area contributed by atoms with Crippen molar-refractivity contribution in [2.75, 3.05) is 25.7 Å². The molecule has 0 bridgehead atoms. The first-order valence-electron chi connectivity index (χ1n) is 5.90. The van der Waals surface area contributed by atoms with Crippen LogP contribution in [0.15, 0.2) is 18.2 Å². The highest BCUT2D eigenvalue weighted by Crippen LogP contribution is 2.23. The Morgan fingerprint density at radius 3 is 2.17 bits per heavy atom. The maximum absolute atomic E-state index is 12.0. The first kappa shape index (κ1) is 14.9. The van der Waals surface area contributed by atoms with Crippen molar-refractivity contribution in [2.45, 2.75) is 13.8 Å². The number of thioether (sulfide) groups is 1. The van der Waals surface area contributed by atoms with Crippen molar-refractivity contribution >= 4 is 17.5 Å². The van der Waals surface area contributed by atoms with Crippen LogP contribution < -0.4 is 9.47 Å². The van der Waals surface area contributed by atoms with E-state index in [2.05, 4.69) is 13.8 Å². The molecule has 100 valence electrons. The third-order valence-electron chi connectivity index (χ3n) is 2.36. The lowest BCUT2D eigenvalue weighted by Crippen LogP contribution is -2.05. The molecule has 0 radical (unpaired) electrons. The summed E-state index contributed by atoms with van der Waals surface area (Å²) in [4.78, 5) is 12.0. The molecule has 0 atom stereocenters. The van der Waals surface area contributed by atoms with Crippen molar-refractivity contribution in [3.05, 3.63) is 23.8 Å². The Kier molecular flexibility index (Phi) is 6.05. The van der Waals surface area contributed by atoms with Crippen molar-refractivity contribution in [1.82, 2.24) is 0 Å². The summed E-state index contributed by atoms with van der Waals surface area (Å²) in [6.07, 6.45) is 0. The Labute approximate surface area is 113 Å². The van der Waals surface area contributed by atoms with Gasteiger partial charge in [-0.15, -0.1) is 0 Å². The van der Waals surface area contributed by atoms with E-state index in [4.69, 9.17) is 9.47 Å². The zero-order chi connectivity index (χ0) is 13.5. The van der Waals surface area contributed by atoms with E-state index in [1.807, 2.05) is 0 Å². The highest BCUT2D eigenvalue weighted by Gasteiger charge is 2.10. The van der Waals surface area contributed by atoms with Crippen LogP contribution in [0.1, 0.15) is 24.2 Å². The van der Waals surface area contributed by atoms with E-state index in [1.54, 1.807) is 44.2 Å². The molecule has 0 fully saturated rings. The Bertz CT molecular complexity index is 380. The van der Waals surface area contributed by atoms with Crippen LogP contribution in [-0.2, 0) is 0 Å². The molecule has 0 aliphatic carbocycles. The van der Waals surface area contributed by atoms with Crippen LogP contribution in [-0.4, -0.2) is 31.5 Å². The third-order valence-corrected chi connectivity index (χ3v) is 3.73. The van der Waals surface area contributed by atoms with E-state index in [1.165, 1.54) is 0 Å². The topological polar surface area (TPSA) is 35.5 Å². The summed E-state index contributed by atoms with van der Waals surface area (Å²) >= 11 is 1.66. The lowest BCUT2D eigenvalue weighted by Gasteiger charge is -2.08. The minimum atomic E-state index is 0.109. The number of hydrogen-bond acceptors (Lipinski definition) is 4. The maximum atomic E-state index is 12.0. The third kappa shape index (κ3) is 4.61. The zero-order valence-electron chi connectivity index (χ0n) is 11.4. The monoisotopic (exact) mass is 268 g/mol. The van der Waals surface area contributed by atoms with Crippen LogP contribution in [0.3, 0.4) is 0 Å². The predicted molar refractivity (Wildman–Crippen MR) is 76.0 cm³/mol. The predicted octanol–water partition coefficient (Wildman–Crippen LogP) is 3.28. The summed E-state index contributed by atoms with van der Waals surface area (Å²) in [5.74, 6) is 3.49. The van der Waals surface area contributed by atoms with Crippen molar-refractivity contribution in [3.63, 3.8) is 0 Å². The number of benzene rings is 1. The molecule has 1 aromatic rings. The summed E-state index contributed by atoms with van der Waals surface area (Å²) < 4.78 is 10.3. The number of Topliss-reactive ketones (excluding diaryl/α,β-unsaturated/α-hetero) is 1. The normalized spacial score (nSPS) is 10.5. The number of methoxy groups -OCH3 is 2. The second-order valence-electron chi connectivity index (χ2n) is 4.43. The number of hydrogen-bond donors (Lipinski definition) is 0. The lowest BCUT2D eigenvalue weighted by molar-refractivity contribution is 0.102. The fourth-order valence-electron chi connectivity index (χ4n) is 1.44. The van der Waals surface area contributed by atoms with E-state index in [9.17, 15) is 4.79 Å². The molecule has 0 aliphatic heterocycles. The molecule has 0 spiro atoms. The van der Waals surface area contributed by atoms with Gasteiger partial charge in [-0.05, 0) is 23.8 Å². The van der Waals surface area contributed by atoms with Gasteiger partial charge in [0.2, 0.25) is 0 Å². The Morgan fingerprint density at radius 2 is 1.72 bits per heavy atom. The largest absolute Gasteiger partial charge is 0.497 e. The van der Waals surface area contributed by atoms with Gasteiger partial charge in [0.25, 0.3) is 0 Å². The number of ether oxygens (including phenoxy) is 2. The average Bonchev–Trinajstić information content (AvgIpc) is 2.37. The van der Waals surface area contributed by atoms with Gasteiger partial charge in [0.05, 0.1) is 20.0 Å². The van der Waals surface area contributed by atoms with Gasteiger partial charge in [0.1, 0.15) is 11.5 Å². The number of carbonyl (C=O) groups is 1. The second-order valence-corrected chi connectivity index (χ2v) is 5.46. The van der Waals surface area contributed by atoms with Gasteiger partial charge in [0.15, 0.2) is 5.78 Å². The summed E-state index contributed by atoms with van der Waals surface area (Å²) in [5, 5.41) is 0. The van der Waals surface area contributed by atoms with Crippen LogP contribution in [0.2, 0.25) is 0 Å². The molecule has 0 heterocycles. The van der Waals surface area contributed by atoms with Crippen molar-refractivity contribution < 1.29 is 14.3 Å². The van der Waals surface area contributed by atoms with E-state index >= 15 is 0 Å². The molecular formula is C14H20O3S. The molecule has 0 amide bonds. The van der Waals surface area contributed by atoms with Crippen molar-refractivity contribution in [2.24, 2.45) is 5.92 Å². The molecule has 0 saturated carbocycles. The second kappa shape index (κ2) is 7.31. The van der Waals surface area contributed by atoms with Gasteiger partial charge in [0, 0.05) is 11.6 Å². The zero-order valence-corrected chi connectivity index (χ0v) is 12.2. The number of carbonyl (C=O) groups excluding carboxylic acids is 1. The van der Waals surface area contributed by atoms with Gasteiger partial charge in [-0.25, -0.2) is 0 Å². The first-order valence-corrected chi connectivity index (χ1v) is 7.06. The molecule has 4 heteroatoms. The fourth-order valence-corrected chi connectivity index (χ4v) is 2.38. The molecule has 1 aromatic carbocycles. The number of ketones is 1. The molecule has 18 heavy (non-hydrogen) atoms. The lowest BCUT2D eigenvalue weighted by atomic mass is 10.1. The molecule has 1 rings (SSSR count). The summed E-state index contributed by atoms with van der Waals surface area (Å²) in [6, 6.07) is 5.26. The molecule has 0 unspecified atom stereocenters. The molecule has 3 nitrogen and oxygen atoms in total. The highest BCUT2D eigenvalue weighted by molar-refractivity contribution is 7.99. The van der Waals surface area contributed by atoms with Crippen LogP contribution in [0.4, 0.5) is 0 Å². The van der Waals surface area contributed by atoms with E-state index in [0.29, 0.717) is 28.7 Å². The Morgan fingerprint density at radius 1 is 1.17 bits per heavy atom. The van der Waals surface area contributed by atoms with E-state index in [-0.39, 0.29) is 5.78 Å². The van der Waals surface area contributed by atoms with Gasteiger partial charge in [-0.1, -0.05) is 13.8 Å². The molecular weight excluding hydrogens is 248 g/mol. The van der Waals surface area contributed by atoms with Crippen LogP contribution in [0.25, 0.3) is 0 Å². The fraction of sp³-hybridized carbons (Fsp3) is 0.500. The molecule has 0 aliphatic rings. The highest BCUT2D eigenvalue weighted by atomic mass is 32.2. The van der Waals surface area contributed by atoms with Crippen LogP contribution >= 0.6 is 11.8 Å². The van der Waals surface area contributed by atoms with Crippen molar-refractivity contribution in [3.8, 4) is 11.5 Å². The molecule has 0 saturated heterocycles. The maximum Gasteiger partial charge on any atom is 0.172 e. The minimum absolute atomic E-state index is 0.109. The smallest absolute Gasteiger partial charge is 0.172 e. The van der Waals surface area contributed by atoms with Crippen LogP contribution in [0, 0.1) is 5.92 Å². The quantitative estimate of drug-likeness (QED) is 0.711. The van der Waals surface area contributed by atoms with Crippen molar-refractivity contribution in [1.29, 1.82) is 0 Å². The molecule has 0 aromatic heterocycles.